The monoisotopic (exact) mass is 379 g/mol. The lowest BCUT2D eigenvalue weighted by molar-refractivity contribution is 0.287. The number of rotatable bonds is 6. The normalized spacial score (nSPS) is 17.5. The van der Waals surface area contributed by atoms with Crippen LogP contribution < -0.4 is 5.32 Å². The number of hydrogen-bond acceptors (Lipinski definition) is 5. The van der Waals surface area contributed by atoms with Crippen molar-refractivity contribution in [1.82, 2.24) is 24.6 Å². The maximum atomic E-state index is 12.9. The van der Waals surface area contributed by atoms with Crippen LogP contribution in [0.1, 0.15) is 26.2 Å². The number of aromatic nitrogens is 3. The lowest BCUT2D eigenvalue weighted by atomic mass is 9.98. The number of nitrogens with zero attached hydrogens (tertiary/aromatic N) is 4. The van der Waals surface area contributed by atoms with Crippen molar-refractivity contribution >= 4 is 26.0 Å². The molecule has 0 bridgehead atoms. The number of piperidine rings is 1. The van der Waals surface area contributed by atoms with Gasteiger partial charge in [-0.05, 0) is 54.2 Å². The average molecular weight is 380 g/mol. The van der Waals surface area contributed by atoms with E-state index in [-0.39, 0.29) is 9.63 Å². The molecule has 0 aromatic carbocycles. The highest BCUT2D eigenvalue weighted by molar-refractivity contribution is 9.10. The summed E-state index contributed by atoms with van der Waals surface area (Å²) in [6, 6.07) is 0. The highest BCUT2D eigenvalue weighted by Crippen LogP contribution is 2.24. The van der Waals surface area contributed by atoms with Gasteiger partial charge in [0.05, 0.1) is 0 Å². The van der Waals surface area contributed by atoms with Crippen LogP contribution in [0.2, 0.25) is 0 Å². The molecule has 0 radical (unpaired) electrons. The van der Waals surface area contributed by atoms with Crippen molar-refractivity contribution in [1.29, 1.82) is 0 Å². The predicted molar refractivity (Wildman–Crippen MR) is 83.3 cm³/mol. The second-order valence-corrected chi connectivity index (χ2v) is 7.97. The van der Waals surface area contributed by atoms with Crippen molar-refractivity contribution in [2.24, 2.45) is 13.0 Å². The fourth-order valence-electron chi connectivity index (χ4n) is 2.63. The van der Waals surface area contributed by atoms with Crippen molar-refractivity contribution in [3.63, 3.8) is 0 Å². The van der Waals surface area contributed by atoms with E-state index in [1.807, 2.05) is 6.92 Å². The molecule has 0 saturated carbocycles. The number of aryl methyl sites for hydroxylation is 1. The first-order chi connectivity index (χ1) is 9.96. The second kappa shape index (κ2) is 7.17. The van der Waals surface area contributed by atoms with E-state index in [1.165, 1.54) is 4.68 Å². The maximum absolute atomic E-state index is 12.9. The molecule has 1 fully saturated rings. The lowest BCUT2D eigenvalue weighted by Gasteiger charge is -2.29. The molecule has 0 spiro atoms. The Bertz CT molecular complexity index is 549. The third-order valence-corrected chi connectivity index (χ3v) is 6.47. The molecule has 21 heavy (non-hydrogen) atoms. The SMILES string of the molecule is CCCN(CC1CCNCC1)S(=O)(=O)c1c(Br)nnn1C. The van der Waals surface area contributed by atoms with E-state index in [0.29, 0.717) is 19.0 Å². The number of hydrogen-bond donors (Lipinski definition) is 1. The summed E-state index contributed by atoms with van der Waals surface area (Å²) in [4.78, 5) is 0. The number of nitrogens with one attached hydrogen (secondary N) is 1. The molecule has 1 N–H and O–H groups in total. The van der Waals surface area contributed by atoms with E-state index < -0.39 is 10.0 Å². The van der Waals surface area contributed by atoms with Crippen molar-refractivity contribution in [3.8, 4) is 0 Å². The molecule has 0 aliphatic carbocycles. The van der Waals surface area contributed by atoms with Gasteiger partial charge in [-0.3, -0.25) is 0 Å². The van der Waals surface area contributed by atoms with E-state index >= 15 is 0 Å². The Hall–Kier alpha value is -0.510. The molecule has 9 heteroatoms. The van der Waals surface area contributed by atoms with E-state index in [1.54, 1.807) is 11.4 Å². The van der Waals surface area contributed by atoms with Crippen LogP contribution in [0.3, 0.4) is 0 Å². The highest BCUT2D eigenvalue weighted by atomic mass is 79.9. The standard InChI is InChI=1S/C12H22BrN5O2S/c1-3-8-18(9-10-4-6-14-7-5-10)21(19,20)12-11(13)15-16-17(12)2/h10,14H,3-9H2,1-2H3. The molecule has 1 aliphatic rings. The molecule has 2 rings (SSSR count). The van der Waals surface area contributed by atoms with Gasteiger partial charge in [0.15, 0.2) is 4.60 Å². The maximum Gasteiger partial charge on any atom is 0.263 e. The van der Waals surface area contributed by atoms with Crippen LogP contribution >= 0.6 is 15.9 Å². The third-order valence-electron chi connectivity index (χ3n) is 3.71. The van der Waals surface area contributed by atoms with Crippen LogP contribution in [0.15, 0.2) is 9.63 Å². The molecule has 1 saturated heterocycles. The molecule has 1 aliphatic heterocycles. The molecular weight excluding hydrogens is 358 g/mol. The van der Waals surface area contributed by atoms with Crippen molar-refractivity contribution in [2.75, 3.05) is 26.2 Å². The summed E-state index contributed by atoms with van der Waals surface area (Å²) in [7, 11) is -1.98. The molecular formula is C12H22BrN5O2S. The van der Waals surface area contributed by atoms with Crippen molar-refractivity contribution in [2.45, 2.75) is 31.2 Å². The van der Waals surface area contributed by atoms with Crippen LogP contribution in [-0.2, 0) is 17.1 Å². The summed E-state index contributed by atoms with van der Waals surface area (Å²) in [5.41, 5.74) is 0. The molecule has 1 aromatic heterocycles. The van der Waals surface area contributed by atoms with Gasteiger partial charge in [0, 0.05) is 20.1 Å². The minimum Gasteiger partial charge on any atom is -0.317 e. The summed E-state index contributed by atoms with van der Waals surface area (Å²) in [6.07, 6.45) is 2.81. The van der Waals surface area contributed by atoms with Crippen LogP contribution in [0.5, 0.6) is 0 Å². The van der Waals surface area contributed by atoms with Crippen LogP contribution in [-0.4, -0.2) is 53.9 Å². The topological polar surface area (TPSA) is 80.1 Å². The van der Waals surface area contributed by atoms with Gasteiger partial charge >= 0.3 is 0 Å². The molecule has 0 unspecified atom stereocenters. The zero-order valence-corrected chi connectivity index (χ0v) is 14.8. The fourth-order valence-corrected chi connectivity index (χ4v) is 5.27. The lowest BCUT2D eigenvalue weighted by Crippen LogP contribution is -2.40. The largest absolute Gasteiger partial charge is 0.317 e. The number of sulfonamides is 1. The van der Waals surface area contributed by atoms with E-state index in [9.17, 15) is 8.42 Å². The molecule has 1 aromatic rings. The Labute approximate surface area is 134 Å². The highest BCUT2D eigenvalue weighted by Gasteiger charge is 2.32. The predicted octanol–water partition coefficient (Wildman–Crippen LogP) is 0.978. The quantitative estimate of drug-likeness (QED) is 0.796. The van der Waals surface area contributed by atoms with Gasteiger partial charge in [-0.2, -0.15) is 4.31 Å². The minimum atomic E-state index is -3.58. The second-order valence-electron chi connectivity index (χ2n) is 5.37. The first kappa shape index (κ1) is 16.9. The Kier molecular flexibility index (Phi) is 5.75. The molecule has 0 amide bonds. The van der Waals surface area contributed by atoms with Crippen molar-refractivity contribution in [3.05, 3.63) is 4.60 Å². The Morgan fingerprint density at radius 2 is 2.10 bits per heavy atom. The van der Waals surface area contributed by atoms with Crippen molar-refractivity contribution < 1.29 is 8.42 Å². The summed E-state index contributed by atoms with van der Waals surface area (Å²) in [5.74, 6) is 0.410. The first-order valence-corrected chi connectivity index (χ1v) is 9.46. The molecule has 0 atom stereocenters. The van der Waals surface area contributed by atoms with Gasteiger partial charge < -0.3 is 5.32 Å². The van der Waals surface area contributed by atoms with Gasteiger partial charge in [-0.15, -0.1) is 5.10 Å². The fraction of sp³-hybridized carbons (Fsp3) is 0.833. The summed E-state index contributed by atoms with van der Waals surface area (Å²) >= 11 is 3.19. The summed E-state index contributed by atoms with van der Waals surface area (Å²) in [5, 5.41) is 11.0. The van der Waals surface area contributed by atoms with Gasteiger partial charge in [-0.25, -0.2) is 13.1 Å². The Morgan fingerprint density at radius 3 is 2.62 bits per heavy atom. The summed E-state index contributed by atoms with van der Waals surface area (Å²) in [6.45, 7) is 4.99. The van der Waals surface area contributed by atoms with Gasteiger partial charge in [-0.1, -0.05) is 12.1 Å². The molecule has 2 heterocycles. The third kappa shape index (κ3) is 3.82. The number of halogens is 1. The summed E-state index contributed by atoms with van der Waals surface area (Å²) < 4.78 is 28.9. The Balaban J connectivity index is 2.23. The Morgan fingerprint density at radius 1 is 1.43 bits per heavy atom. The van der Waals surface area contributed by atoms with E-state index in [4.69, 9.17) is 0 Å². The molecule has 120 valence electrons. The van der Waals surface area contributed by atoms with E-state index in [2.05, 4.69) is 31.6 Å². The van der Waals surface area contributed by atoms with Crippen LogP contribution in [0.4, 0.5) is 0 Å². The van der Waals surface area contributed by atoms with Gasteiger partial charge in [0.2, 0.25) is 5.03 Å². The van der Waals surface area contributed by atoms with E-state index in [0.717, 1.165) is 32.4 Å². The smallest absolute Gasteiger partial charge is 0.263 e. The van der Waals surface area contributed by atoms with Gasteiger partial charge in [0.25, 0.3) is 10.0 Å². The minimum absolute atomic E-state index is 0.130. The van der Waals surface area contributed by atoms with Crippen LogP contribution in [0.25, 0.3) is 0 Å². The molecule has 7 nitrogen and oxygen atoms in total. The zero-order chi connectivity index (χ0) is 15.5. The zero-order valence-electron chi connectivity index (χ0n) is 12.4. The first-order valence-electron chi connectivity index (χ1n) is 7.22. The van der Waals surface area contributed by atoms with Gasteiger partial charge in [0.1, 0.15) is 0 Å². The average Bonchev–Trinajstić information content (AvgIpc) is 2.79. The van der Waals surface area contributed by atoms with Crippen LogP contribution in [0, 0.1) is 5.92 Å².